The Morgan fingerprint density at radius 2 is 1.92 bits per heavy atom. The van der Waals surface area contributed by atoms with Crippen LogP contribution in [0.15, 0.2) is 0 Å². The second kappa shape index (κ2) is 5.76. The number of esters is 1. The van der Waals surface area contributed by atoms with E-state index in [-0.39, 0.29) is 18.9 Å². The molecule has 0 amide bonds. The minimum absolute atomic E-state index is 0. The molecule has 0 aromatic heterocycles. The van der Waals surface area contributed by atoms with Gasteiger partial charge in [0.25, 0.3) is 0 Å². The first kappa shape index (κ1) is 14.7. The van der Waals surface area contributed by atoms with Crippen LogP contribution >= 0.6 is 0 Å². The first-order valence-corrected chi connectivity index (χ1v) is 4.33. The van der Waals surface area contributed by atoms with E-state index >= 15 is 0 Å². The van der Waals surface area contributed by atoms with Crippen molar-refractivity contribution in [2.45, 2.75) is 26.4 Å². The normalized spacial score (nSPS) is 13.0. The van der Waals surface area contributed by atoms with E-state index in [1.807, 2.05) is 0 Å². The third-order valence-corrected chi connectivity index (χ3v) is 1.13. The quantitative estimate of drug-likeness (QED) is 0.265. The van der Waals surface area contributed by atoms with Gasteiger partial charge in [-0.1, -0.05) is 0 Å². The molecule has 12 heavy (non-hydrogen) atoms. The van der Waals surface area contributed by atoms with Crippen LogP contribution in [0, 0.1) is 0 Å². The summed E-state index contributed by atoms with van der Waals surface area (Å²) in [5, 5.41) is 0. The summed E-state index contributed by atoms with van der Waals surface area (Å²) in [4.78, 5) is 10.7. The van der Waals surface area contributed by atoms with E-state index in [1.165, 1.54) is 0 Å². The summed E-state index contributed by atoms with van der Waals surface area (Å²) < 4.78 is 24.7. The predicted octanol–water partition coefficient (Wildman–Crippen LogP) is -2.79. The van der Waals surface area contributed by atoms with Crippen LogP contribution in [0.25, 0.3) is 0 Å². The SMILES string of the molecule is CC(C)(C)OC(=O)CS(=O)[O-].[Li+]. The molecule has 0 rings (SSSR count). The van der Waals surface area contributed by atoms with Gasteiger partial charge < -0.3 is 9.29 Å². The van der Waals surface area contributed by atoms with Crippen molar-refractivity contribution < 1.29 is 37.2 Å². The van der Waals surface area contributed by atoms with Gasteiger partial charge in [-0.05, 0) is 31.9 Å². The molecule has 0 heterocycles. The predicted molar refractivity (Wildman–Crippen MR) is 39.6 cm³/mol. The summed E-state index contributed by atoms with van der Waals surface area (Å²) >= 11 is -2.35. The average Bonchev–Trinajstić information content (AvgIpc) is 1.53. The molecule has 0 N–H and O–H groups in total. The zero-order chi connectivity index (χ0) is 9.07. The summed E-state index contributed by atoms with van der Waals surface area (Å²) in [5.41, 5.74) is -0.615. The fourth-order valence-corrected chi connectivity index (χ4v) is 0.719. The molecule has 6 heteroatoms. The molecule has 0 bridgehead atoms. The number of hydrogen-bond donors (Lipinski definition) is 0. The van der Waals surface area contributed by atoms with E-state index in [0.717, 1.165) is 0 Å². The van der Waals surface area contributed by atoms with Gasteiger partial charge in [0.05, 0.1) is 0 Å². The maximum absolute atomic E-state index is 10.7. The van der Waals surface area contributed by atoms with Crippen LogP contribution in [0.3, 0.4) is 0 Å². The molecule has 1 unspecified atom stereocenters. The molecule has 0 radical (unpaired) electrons. The van der Waals surface area contributed by atoms with Crippen LogP contribution in [0.4, 0.5) is 0 Å². The van der Waals surface area contributed by atoms with Crippen molar-refractivity contribution in [1.29, 1.82) is 0 Å². The standard InChI is InChI=1S/C6H12O4S.Li/c1-6(2,3)10-5(7)4-11(8)9;/h4H2,1-3H3,(H,8,9);/q;+1/p-1. The maximum atomic E-state index is 10.7. The molecular formula is C6H11LiO4S. The van der Waals surface area contributed by atoms with Crippen molar-refractivity contribution in [3.63, 3.8) is 0 Å². The Balaban J connectivity index is 0. The van der Waals surface area contributed by atoms with Gasteiger partial charge in [-0.2, -0.15) is 0 Å². The van der Waals surface area contributed by atoms with Crippen molar-refractivity contribution in [3.8, 4) is 0 Å². The van der Waals surface area contributed by atoms with Crippen LogP contribution in [0.2, 0.25) is 0 Å². The van der Waals surface area contributed by atoms with Gasteiger partial charge in [-0.15, -0.1) is 0 Å². The maximum Gasteiger partial charge on any atom is 1.00 e. The molecule has 0 fully saturated rings. The van der Waals surface area contributed by atoms with Crippen molar-refractivity contribution >= 4 is 17.0 Å². The third-order valence-electron chi connectivity index (χ3n) is 0.656. The largest absolute Gasteiger partial charge is 1.00 e. The zero-order valence-corrected chi connectivity index (χ0v) is 8.56. The molecule has 4 nitrogen and oxygen atoms in total. The number of rotatable bonds is 2. The van der Waals surface area contributed by atoms with Crippen LogP contribution in [0.5, 0.6) is 0 Å². The zero-order valence-electron chi connectivity index (χ0n) is 7.75. The molecule has 0 aromatic carbocycles. The molecular weight excluding hydrogens is 175 g/mol. The fraction of sp³-hybridized carbons (Fsp3) is 0.833. The Bertz CT molecular complexity index is 175. The summed E-state index contributed by atoms with van der Waals surface area (Å²) in [7, 11) is 0. The first-order chi connectivity index (χ1) is 4.81. The Kier molecular flexibility index (Phi) is 7.05. The van der Waals surface area contributed by atoms with Crippen LogP contribution in [-0.2, 0) is 20.6 Å². The topological polar surface area (TPSA) is 66.4 Å². The van der Waals surface area contributed by atoms with Crippen molar-refractivity contribution in [2.24, 2.45) is 0 Å². The second-order valence-corrected chi connectivity index (χ2v) is 3.93. The molecule has 0 aliphatic rings. The smallest absolute Gasteiger partial charge is 0.772 e. The summed E-state index contributed by atoms with van der Waals surface area (Å²) in [5.74, 6) is -1.29. The van der Waals surface area contributed by atoms with Crippen molar-refractivity contribution in [2.75, 3.05) is 5.75 Å². The van der Waals surface area contributed by atoms with Gasteiger partial charge in [0.1, 0.15) is 11.4 Å². The fourth-order valence-electron chi connectivity index (χ4n) is 0.467. The van der Waals surface area contributed by atoms with E-state index in [2.05, 4.69) is 0 Å². The molecule has 1 atom stereocenters. The molecule has 0 aliphatic carbocycles. The molecule has 0 aromatic rings. The van der Waals surface area contributed by atoms with Crippen molar-refractivity contribution in [3.05, 3.63) is 0 Å². The monoisotopic (exact) mass is 186 g/mol. The molecule has 66 valence electrons. The number of carbonyl (C=O) groups is 1. The van der Waals surface area contributed by atoms with Crippen LogP contribution in [0.1, 0.15) is 20.8 Å². The molecule has 0 saturated heterocycles. The molecule has 0 saturated carbocycles. The summed E-state index contributed by atoms with van der Waals surface area (Å²) in [6, 6.07) is 0. The minimum Gasteiger partial charge on any atom is -0.772 e. The van der Waals surface area contributed by atoms with Crippen LogP contribution in [-0.4, -0.2) is 26.1 Å². The number of hydrogen-bond acceptors (Lipinski definition) is 4. The third kappa shape index (κ3) is 10.2. The average molecular weight is 186 g/mol. The Morgan fingerprint density at radius 3 is 2.17 bits per heavy atom. The minimum atomic E-state index is -2.35. The first-order valence-electron chi connectivity index (χ1n) is 3.09. The van der Waals surface area contributed by atoms with Gasteiger partial charge in [0.15, 0.2) is 0 Å². The number of ether oxygens (including phenoxy) is 1. The van der Waals surface area contributed by atoms with Gasteiger partial charge in [0.2, 0.25) is 0 Å². The second-order valence-electron chi connectivity index (χ2n) is 3.03. The van der Waals surface area contributed by atoms with Crippen molar-refractivity contribution in [1.82, 2.24) is 0 Å². The van der Waals surface area contributed by atoms with E-state index in [0.29, 0.717) is 0 Å². The summed E-state index contributed by atoms with van der Waals surface area (Å²) in [6.45, 7) is 5.04. The summed E-state index contributed by atoms with van der Waals surface area (Å²) in [6.07, 6.45) is 0. The van der Waals surface area contributed by atoms with E-state index in [1.54, 1.807) is 20.8 Å². The van der Waals surface area contributed by atoms with E-state index in [9.17, 15) is 13.6 Å². The van der Waals surface area contributed by atoms with Gasteiger partial charge in [0, 0.05) is 0 Å². The van der Waals surface area contributed by atoms with Gasteiger partial charge >= 0.3 is 24.8 Å². The Labute approximate surface area is 86.5 Å². The number of carbonyl (C=O) groups excluding carboxylic acids is 1. The van der Waals surface area contributed by atoms with E-state index in [4.69, 9.17) is 4.74 Å². The molecule has 0 aliphatic heterocycles. The van der Waals surface area contributed by atoms with E-state index < -0.39 is 28.4 Å². The van der Waals surface area contributed by atoms with Crippen LogP contribution < -0.4 is 18.9 Å². The van der Waals surface area contributed by atoms with Gasteiger partial charge in [-0.3, -0.25) is 9.00 Å². The Morgan fingerprint density at radius 1 is 1.50 bits per heavy atom. The molecule has 0 spiro atoms. The Hall–Kier alpha value is 0.177. The van der Waals surface area contributed by atoms with Gasteiger partial charge in [-0.25, -0.2) is 0 Å².